The Morgan fingerprint density at radius 2 is 1.80 bits per heavy atom. The van der Waals surface area contributed by atoms with Crippen LogP contribution in [0.3, 0.4) is 0 Å². The summed E-state index contributed by atoms with van der Waals surface area (Å²) in [6.07, 6.45) is -6.53. The lowest BCUT2D eigenvalue weighted by atomic mass is 9.86. The number of aryl methyl sites for hydroxylation is 1. The van der Waals surface area contributed by atoms with Gasteiger partial charge in [0.1, 0.15) is 5.75 Å². The van der Waals surface area contributed by atoms with Crippen molar-refractivity contribution >= 4 is 0 Å². The molecule has 0 heterocycles. The van der Waals surface area contributed by atoms with Crippen LogP contribution in [0, 0.1) is 6.92 Å². The Balaban J connectivity index is 3.15. The predicted octanol–water partition coefficient (Wildman–Crippen LogP) is 3.95. The minimum absolute atomic E-state index is 0.0686. The Morgan fingerprint density at radius 3 is 2.25 bits per heavy atom. The molecule has 1 aromatic carbocycles. The molecule has 0 spiro atoms. The van der Waals surface area contributed by atoms with E-state index in [1.54, 1.807) is 6.07 Å². The second-order valence-corrected chi connectivity index (χ2v) is 5.98. The molecule has 2 nitrogen and oxygen atoms in total. The van der Waals surface area contributed by atoms with Gasteiger partial charge >= 0.3 is 6.18 Å². The fourth-order valence-electron chi connectivity index (χ4n) is 1.94. The molecule has 0 aliphatic rings. The van der Waals surface area contributed by atoms with Crippen LogP contribution in [0.15, 0.2) is 18.2 Å². The maximum Gasteiger partial charge on any atom is 0.425 e. The lowest BCUT2D eigenvalue weighted by molar-refractivity contribution is -0.196. The first-order valence-electron chi connectivity index (χ1n) is 6.60. The highest BCUT2D eigenvalue weighted by atomic mass is 19.4. The SMILES string of the molecule is Cc1ccc(C(C)(C)C)c(OC(CCN)C(F)(F)F)c1. The van der Waals surface area contributed by atoms with Crippen molar-refractivity contribution in [3.8, 4) is 5.75 Å². The molecule has 0 saturated heterocycles. The highest BCUT2D eigenvalue weighted by Gasteiger charge is 2.41. The van der Waals surface area contributed by atoms with Crippen LogP contribution in [0.5, 0.6) is 5.75 Å². The number of nitrogens with two attached hydrogens (primary N) is 1. The molecule has 0 bridgehead atoms. The summed E-state index contributed by atoms with van der Waals surface area (Å²) in [7, 11) is 0. The molecule has 0 aliphatic carbocycles. The Bertz CT molecular complexity index is 449. The van der Waals surface area contributed by atoms with Crippen LogP contribution < -0.4 is 10.5 Å². The number of ether oxygens (including phenoxy) is 1. The van der Waals surface area contributed by atoms with Crippen LogP contribution in [0.2, 0.25) is 0 Å². The summed E-state index contributed by atoms with van der Waals surface area (Å²) in [4.78, 5) is 0. The maximum atomic E-state index is 12.9. The molecule has 0 aliphatic heterocycles. The van der Waals surface area contributed by atoms with Crippen LogP contribution in [0.4, 0.5) is 13.2 Å². The summed E-state index contributed by atoms with van der Waals surface area (Å²) in [5, 5.41) is 0. The maximum absolute atomic E-state index is 12.9. The zero-order valence-electron chi connectivity index (χ0n) is 12.3. The molecule has 0 aromatic heterocycles. The Morgan fingerprint density at radius 1 is 1.20 bits per heavy atom. The van der Waals surface area contributed by atoms with Gasteiger partial charge in [-0.2, -0.15) is 13.2 Å². The zero-order valence-corrected chi connectivity index (χ0v) is 12.3. The Kier molecular flexibility index (Phi) is 5.08. The van der Waals surface area contributed by atoms with Gasteiger partial charge in [0.05, 0.1) is 0 Å². The first-order valence-corrected chi connectivity index (χ1v) is 6.60. The van der Waals surface area contributed by atoms with E-state index in [-0.39, 0.29) is 24.1 Å². The van der Waals surface area contributed by atoms with Crippen molar-refractivity contribution in [1.82, 2.24) is 0 Å². The molecule has 20 heavy (non-hydrogen) atoms. The quantitative estimate of drug-likeness (QED) is 0.911. The summed E-state index contributed by atoms with van der Waals surface area (Å²) in [5.41, 5.74) is 6.59. The van der Waals surface area contributed by atoms with Crippen LogP contribution in [-0.2, 0) is 5.41 Å². The monoisotopic (exact) mass is 289 g/mol. The van der Waals surface area contributed by atoms with E-state index in [2.05, 4.69) is 0 Å². The van der Waals surface area contributed by atoms with Gasteiger partial charge in [0.15, 0.2) is 6.10 Å². The van der Waals surface area contributed by atoms with Crippen molar-refractivity contribution < 1.29 is 17.9 Å². The molecule has 2 N–H and O–H groups in total. The first kappa shape index (κ1) is 16.8. The van der Waals surface area contributed by atoms with Crippen LogP contribution >= 0.6 is 0 Å². The molecular weight excluding hydrogens is 267 g/mol. The third-order valence-corrected chi connectivity index (χ3v) is 3.01. The van der Waals surface area contributed by atoms with E-state index in [4.69, 9.17) is 10.5 Å². The molecule has 1 rings (SSSR count). The van der Waals surface area contributed by atoms with Gasteiger partial charge in [-0.05, 0) is 36.1 Å². The van der Waals surface area contributed by atoms with Crippen molar-refractivity contribution in [2.24, 2.45) is 5.73 Å². The molecule has 1 unspecified atom stereocenters. The topological polar surface area (TPSA) is 35.2 Å². The van der Waals surface area contributed by atoms with Gasteiger partial charge < -0.3 is 10.5 Å². The summed E-state index contributed by atoms with van der Waals surface area (Å²) in [6, 6.07) is 5.34. The lowest BCUT2D eigenvalue weighted by Gasteiger charge is -2.27. The van der Waals surface area contributed by atoms with Gasteiger partial charge in [0.2, 0.25) is 0 Å². The van der Waals surface area contributed by atoms with E-state index in [0.29, 0.717) is 0 Å². The molecule has 0 fully saturated rings. The van der Waals surface area contributed by atoms with Crippen LogP contribution in [0.25, 0.3) is 0 Å². The van der Waals surface area contributed by atoms with Crippen LogP contribution in [0.1, 0.15) is 38.3 Å². The molecule has 0 radical (unpaired) electrons. The van der Waals surface area contributed by atoms with Gasteiger partial charge in [0, 0.05) is 6.42 Å². The molecule has 5 heteroatoms. The lowest BCUT2D eigenvalue weighted by Crippen LogP contribution is -2.36. The normalized spacial score (nSPS) is 14.2. The summed E-state index contributed by atoms with van der Waals surface area (Å²) >= 11 is 0. The molecular formula is C15H22F3NO. The minimum atomic E-state index is -4.42. The van der Waals surface area contributed by atoms with E-state index < -0.39 is 12.3 Å². The van der Waals surface area contributed by atoms with Crippen molar-refractivity contribution in [2.75, 3.05) is 6.54 Å². The fourth-order valence-corrected chi connectivity index (χ4v) is 1.94. The number of hydrogen-bond acceptors (Lipinski definition) is 2. The van der Waals surface area contributed by atoms with Crippen molar-refractivity contribution in [3.05, 3.63) is 29.3 Å². The van der Waals surface area contributed by atoms with E-state index in [9.17, 15) is 13.2 Å². The first-order chi connectivity index (χ1) is 9.05. The second kappa shape index (κ2) is 6.04. The van der Waals surface area contributed by atoms with Gasteiger partial charge in [-0.3, -0.25) is 0 Å². The average Bonchev–Trinajstić information content (AvgIpc) is 2.25. The van der Waals surface area contributed by atoms with E-state index in [1.165, 1.54) is 0 Å². The number of benzene rings is 1. The third-order valence-electron chi connectivity index (χ3n) is 3.01. The number of halogens is 3. The van der Waals surface area contributed by atoms with Gasteiger partial charge in [-0.15, -0.1) is 0 Å². The third kappa shape index (κ3) is 4.40. The largest absolute Gasteiger partial charge is 0.481 e. The summed E-state index contributed by atoms with van der Waals surface area (Å²) < 4.78 is 44.1. The van der Waals surface area contributed by atoms with E-state index in [1.807, 2.05) is 39.8 Å². The highest BCUT2D eigenvalue weighted by molar-refractivity contribution is 5.41. The highest BCUT2D eigenvalue weighted by Crippen LogP contribution is 2.35. The minimum Gasteiger partial charge on any atom is -0.481 e. The van der Waals surface area contributed by atoms with Gasteiger partial charge in [-0.25, -0.2) is 0 Å². The van der Waals surface area contributed by atoms with Crippen LogP contribution in [-0.4, -0.2) is 18.8 Å². The zero-order chi connectivity index (χ0) is 15.6. The smallest absolute Gasteiger partial charge is 0.425 e. The Hall–Kier alpha value is -1.23. The Labute approximate surface area is 118 Å². The fraction of sp³-hybridized carbons (Fsp3) is 0.600. The molecule has 1 aromatic rings. The standard InChI is InChI=1S/C15H22F3NO/c1-10-5-6-11(14(2,3)4)12(9-10)20-13(7-8-19)15(16,17)18/h5-6,9,13H,7-8,19H2,1-4H3. The molecule has 0 amide bonds. The second-order valence-electron chi connectivity index (χ2n) is 5.98. The molecule has 114 valence electrons. The van der Waals surface area contributed by atoms with Crippen molar-refractivity contribution in [1.29, 1.82) is 0 Å². The van der Waals surface area contributed by atoms with Crippen molar-refractivity contribution in [2.45, 2.75) is 51.8 Å². The molecule has 1 atom stereocenters. The number of rotatable bonds is 4. The van der Waals surface area contributed by atoms with Crippen molar-refractivity contribution in [3.63, 3.8) is 0 Å². The van der Waals surface area contributed by atoms with E-state index >= 15 is 0 Å². The average molecular weight is 289 g/mol. The predicted molar refractivity (Wildman–Crippen MR) is 74.0 cm³/mol. The van der Waals surface area contributed by atoms with E-state index in [0.717, 1.165) is 11.1 Å². The summed E-state index contributed by atoms with van der Waals surface area (Å²) in [6.45, 7) is 7.58. The van der Waals surface area contributed by atoms with Gasteiger partial charge in [0.25, 0.3) is 0 Å². The van der Waals surface area contributed by atoms with Gasteiger partial charge in [-0.1, -0.05) is 32.9 Å². The number of hydrogen-bond donors (Lipinski definition) is 1. The molecule has 0 saturated carbocycles. The number of alkyl halides is 3. The summed E-state index contributed by atoms with van der Waals surface area (Å²) in [5.74, 6) is 0.285.